The first-order chi connectivity index (χ1) is 12.2. The van der Waals surface area contributed by atoms with Gasteiger partial charge in [-0.3, -0.25) is 9.78 Å². The van der Waals surface area contributed by atoms with Gasteiger partial charge in [0.15, 0.2) is 0 Å². The number of unbranched alkanes of at least 4 members (excludes halogenated alkanes) is 1. The Bertz CT molecular complexity index is 858. The smallest absolute Gasteiger partial charge is 0.220 e. The maximum atomic E-state index is 11.9. The number of fused-ring (bicyclic) bond motifs is 1. The molecule has 0 aliphatic carbocycles. The number of rotatable bonds is 8. The summed E-state index contributed by atoms with van der Waals surface area (Å²) in [5.41, 5.74) is 1.72. The number of hydrogen-bond donors (Lipinski definition) is 2. The summed E-state index contributed by atoms with van der Waals surface area (Å²) in [5.74, 6) is -0.0568. The summed E-state index contributed by atoms with van der Waals surface area (Å²) in [6.07, 6.45) is 1.62. The van der Waals surface area contributed by atoms with Gasteiger partial charge in [-0.1, -0.05) is 24.3 Å². The Balaban J connectivity index is 1.69. The van der Waals surface area contributed by atoms with E-state index in [9.17, 15) is 13.2 Å². The minimum Gasteiger partial charge on any atom is -0.350 e. The quantitative estimate of drug-likeness (QED) is 0.693. The number of sulfonamides is 1. The summed E-state index contributed by atoms with van der Waals surface area (Å²) < 4.78 is 25.6. The minimum atomic E-state index is -3.32. The Morgan fingerprint density at radius 1 is 1.08 bits per heavy atom. The van der Waals surface area contributed by atoms with Crippen LogP contribution in [0.15, 0.2) is 36.4 Å². The molecule has 1 heterocycles. The van der Waals surface area contributed by atoms with Crippen molar-refractivity contribution in [1.82, 2.24) is 15.0 Å². The molecule has 0 radical (unpaired) electrons. The molecule has 7 heteroatoms. The standard InChI is InChI=1S/C19H27N3O3S/c1-19(2,3)26(24,25)21-13-7-6-10-18(23)20-14-16-12-11-15-8-4-5-9-17(15)22-16/h4-5,8-9,11-12,21H,6-7,10,13-14H2,1-3H3,(H,20,23). The second-order valence-corrected chi connectivity index (χ2v) is 9.76. The molecule has 0 atom stereocenters. The number of carbonyl (C=O) groups excluding carboxylic acids is 1. The minimum absolute atomic E-state index is 0.0568. The van der Waals surface area contributed by atoms with Crippen LogP contribution in [0.4, 0.5) is 0 Å². The lowest BCUT2D eigenvalue weighted by Gasteiger charge is -2.19. The molecule has 0 aliphatic rings. The maximum Gasteiger partial charge on any atom is 0.220 e. The van der Waals surface area contributed by atoms with E-state index in [-0.39, 0.29) is 5.91 Å². The molecule has 0 fully saturated rings. The number of pyridine rings is 1. The lowest BCUT2D eigenvalue weighted by atomic mass is 10.2. The van der Waals surface area contributed by atoms with Gasteiger partial charge in [-0.15, -0.1) is 0 Å². The van der Waals surface area contributed by atoms with Crippen LogP contribution in [0.2, 0.25) is 0 Å². The van der Waals surface area contributed by atoms with Gasteiger partial charge in [-0.2, -0.15) is 0 Å². The zero-order chi connectivity index (χ0) is 19.2. The molecule has 1 amide bonds. The average molecular weight is 378 g/mol. The van der Waals surface area contributed by atoms with Crippen LogP contribution < -0.4 is 10.0 Å². The maximum absolute atomic E-state index is 11.9. The molecule has 0 unspecified atom stereocenters. The van der Waals surface area contributed by atoms with E-state index in [4.69, 9.17) is 0 Å². The van der Waals surface area contributed by atoms with Crippen LogP contribution in [0.1, 0.15) is 45.7 Å². The zero-order valence-electron chi connectivity index (χ0n) is 15.6. The molecule has 0 bridgehead atoms. The molecule has 2 rings (SSSR count). The van der Waals surface area contributed by atoms with Crippen molar-refractivity contribution in [3.05, 3.63) is 42.1 Å². The Hall–Kier alpha value is -1.99. The van der Waals surface area contributed by atoms with E-state index in [1.165, 1.54) is 0 Å². The summed E-state index contributed by atoms with van der Waals surface area (Å²) in [6.45, 7) is 5.70. The molecule has 26 heavy (non-hydrogen) atoms. The van der Waals surface area contributed by atoms with E-state index in [0.29, 0.717) is 32.4 Å². The molecule has 1 aromatic heterocycles. The van der Waals surface area contributed by atoms with Crippen molar-refractivity contribution in [3.8, 4) is 0 Å². The first kappa shape index (κ1) is 20.3. The third-order valence-electron chi connectivity index (χ3n) is 4.05. The summed E-state index contributed by atoms with van der Waals surface area (Å²) in [6, 6.07) is 11.7. The van der Waals surface area contributed by atoms with Crippen LogP contribution in [0.3, 0.4) is 0 Å². The normalized spacial score (nSPS) is 12.3. The fourth-order valence-corrected chi connectivity index (χ4v) is 3.16. The van der Waals surface area contributed by atoms with E-state index in [0.717, 1.165) is 16.6 Å². The van der Waals surface area contributed by atoms with Crippen molar-refractivity contribution in [2.24, 2.45) is 0 Å². The van der Waals surface area contributed by atoms with Crippen LogP contribution in [0.5, 0.6) is 0 Å². The first-order valence-electron chi connectivity index (χ1n) is 8.80. The van der Waals surface area contributed by atoms with E-state index >= 15 is 0 Å². The summed E-state index contributed by atoms with van der Waals surface area (Å²) in [5, 5.41) is 3.92. The van der Waals surface area contributed by atoms with Crippen molar-refractivity contribution >= 4 is 26.8 Å². The van der Waals surface area contributed by atoms with Gasteiger partial charge in [0.05, 0.1) is 22.5 Å². The molecule has 0 spiro atoms. The first-order valence-corrected chi connectivity index (χ1v) is 10.3. The number of nitrogens with one attached hydrogen (secondary N) is 2. The van der Waals surface area contributed by atoms with Gasteiger partial charge >= 0.3 is 0 Å². The molecular weight excluding hydrogens is 350 g/mol. The number of carbonyl (C=O) groups is 1. The highest BCUT2D eigenvalue weighted by Crippen LogP contribution is 2.13. The monoisotopic (exact) mass is 377 g/mol. The van der Waals surface area contributed by atoms with Crippen LogP contribution in [0, 0.1) is 0 Å². The molecule has 1 aromatic carbocycles. The second-order valence-electron chi connectivity index (χ2n) is 7.24. The van der Waals surface area contributed by atoms with E-state index < -0.39 is 14.8 Å². The third kappa shape index (κ3) is 5.78. The highest BCUT2D eigenvalue weighted by Gasteiger charge is 2.27. The van der Waals surface area contributed by atoms with Gasteiger partial charge < -0.3 is 5.32 Å². The fraction of sp³-hybridized carbons (Fsp3) is 0.474. The molecule has 142 valence electrons. The van der Waals surface area contributed by atoms with Gasteiger partial charge in [0, 0.05) is 18.4 Å². The molecule has 2 N–H and O–H groups in total. The number of amides is 1. The fourth-order valence-electron chi connectivity index (χ4n) is 2.32. The largest absolute Gasteiger partial charge is 0.350 e. The summed E-state index contributed by atoms with van der Waals surface area (Å²) >= 11 is 0. The molecule has 0 saturated carbocycles. The lowest BCUT2D eigenvalue weighted by molar-refractivity contribution is -0.121. The van der Waals surface area contributed by atoms with Crippen LogP contribution in [-0.4, -0.2) is 30.6 Å². The van der Waals surface area contributed by atoms with Crippen molar-refractivity contribution in [3.63, 3.8) is 0 Å². The highest BCUT2D eigenvalue weighted by atomic mass is 32.2. The number of hydrogen-bond acceptors (Lipinski definition) is 4. The molecule has 0 saturated heterocycles. The molecular formula is C19H27N3O3S. The van der Waals surface area contributed by atoms with Crippen molar-refractivity contribution in [2.75, 3.05) is 6.54 Å². The number of aromatic nitrogens is 1. The van der Waals surface area contributed by atoms with Crippen molar-refractivity contribution in [1.29, 1.82) is 0 Å². The Morgan fingerprint density at radius 3 is 2.54 bits per heavy atom. The van der Waals surface area contributed by atoms with Gasteiger partial charge in [-0.05, 0) is 45.7 Å². The van der Waals surface area contributed by atoms with E-state index in [1.807, 2.05) is 36.4 Å². The van der Waals surface area contributed by atoms with Gasteiger partial charge in [0.2, 0.25) is 15.9 Å². The SMILES string of the molecule is CC(C)(C)S(=O)(=O)NCCCCC(=O)NCc1ccc2ccccc2n1. The predicted molar refractivity (Wildman–Crippen MR) is 104 cm³/mol. The summed E-state index contributed by atoms with van der Waals surface area (Å²) in [7, 11) is -3.32. The van der Waals surface area contributed by atoms with E-state index in [2.05, 4.69) is 15.0 Å². The Morgan fingerprint density at radius 2 is 1.81 bits per heavy atom. The Labute approximate surface area is 155 Å². The third-order valence-corrected chi connectivity index (χ3v) is 6.25. The van der Waals surface area contributed by atoms with Crippen molar-refractivity contribution in [2.45, 2.75) is 51.3 Å². The highest BCUT2D eigenvalue weighted by molar-refractivity contribution is 7.90. The van der Waals surface area contributed by atoms with Crippen LogP contribution in [0.25, 0.3) is 10.9 Å². The number of para-hydroxylation sites is 1. The van der Waals surface area contributed by atoms with E-state index in [1.54, 1.807) is 20.8 Å². The lowest BCUT2D eigenvalue weighted by Crippen LogP contribution is -2.39. The zero-order valence-corrected chi connectivity index (χ0v) is 16.4. The average Bonchev–Trinajstić information content (AvgIpc) is 2.58. The summed E-state index contributed by atoms with van der Waals surface area (Å²) in [4.78, 5) is 16.4. The van der Waals surface area contributed by atoms with Crippen LogP contribution in [-0.2, 0) is 21.4 Å². The van der Waals surface area contributed by atoms with Crippen molar-refractivity contribution < 1.29 is 13.2 Å². The second kappa shape index (κ2) is 8.60. The van der Waals surface area contributed by atoms with Crippen LogP contribution >= 0.6 is 0 Å². The topological polar surface area (TPSA) is 88.2 Å². The van der Waals surface area contributed by atoms with Gasteiger partial charge in [-0.25, -0.2) is 13.1 Å². The molecule has 0 aliphatic heterocycles. The molecule has 6 nitrogen and oxygen atoms in total. The molecule has 2 aromatic rings. The van der Waals surface area contributed by atoms with Gasteiger partial charge in [0.25, 0.3) is 0 Å². The predicted octanol–water partition coefficient (Wildman–Crippen LogP) is 2.74. The number of benzene rings is 1. The van der Waals surface area contributed by atoms with Gasteiger partial charge in [0.1, 0.15) is 0 Å². The Kier molecular flexibility index (Phi) is 6.72. The number of nitrogens with zero attached hydrogens (tertiary/aromatic N) is 1.